The third kappa shape index (κ3) is 3.80. The number of carbonyl (C=O) groups excluding carboxylic acids is 1. The second-order valence-electron chi connectivity index (χ2n) is 5.07. The summed E-state index contributed by atoms with van der Waals surface area (Å²) in [4.78, 5) is 11.7. The maximum Gasteiger partial charge on any atom is 0.162 e. The van der Waals surface area contributed by atoms with Gasteiger partial charge in [-0.15, -0.1) is 0 Å². The van der Waals surface area contributed by atoms with Gasteiger partial charge in [0.2, 0.25) is 0 Å². The van der Waals surface area contributed by atoms with Crippen LogP contribution in [0.3, 0.4) is 0 Å². The van der Waals surface area contributed by atoms with Gasteiger partial charge in [-0.1, -0.05) is 19.1 Å². The second kappa shape index (κ2) is 6.71. The number of carbonyl (C=O) groups is 1. The van der Waals surface area contributed by atoms with Gasteiger partial charge in [-0.05, 0) is 31.4 Å². The first-order valence-corrected chi connectivity index (χ1v) is 7.05. The average molecular weight is 262 g/mol. The van der Waals surface area contributed by atoms with Gasteiger partial charge in [-0.3, -0.25) is 4.79 Å². The zero-order valence-electron chi connectivity index (χ0n) is 11.7. The first-order valence-electron chi connectivity index (χ1n) is 7.05. The molecule has 104 valence electrons. The van der Waals surface area contributed by atoms with E-state index in [0.717, 1.165) is 37.0 Å². The molecule has 1 fully saturated rings. The van der Waals surface area contributed by atoms with Gasteiger partial charge < -0.3 is 9.47 Å². The number of hydrogen-bond acceptors (Lipinski definition) is 3. The van der Waals surface area contributed by atoms with Gasteiger partial charge in [0.1, 0.15) is 11.9 Å². The fraction of sp³-hybridized carbons (Fsp3) is 0.562. The van der Waals surface area contributed by atoms with E-state index in [1.807, 2.05) is 31.2 Å². The molecule has 2 rings (SSSR count). The molecular formula is C16H22O3. The lowest BCUT2D eigenvalue weighted by Gasteiger charge is -2.28. The molecule has 19 heavy (non-hydrogen) atoms. The molecule has 0 bridgehead atoms. The maximum atomic E-state index is 11.7. The number of hydrogen-bond donors (Lipinski definition) is 0. The highest BCUT2D eigenvalue weighted by atomic mass is 16.5. The Kier molecular flexibility index (Phi) is 4.97. The zero-order valence-corrected chi connectivity index (χ0v) is 11.7. The van der Waals surface area contributed by atoms with Crippen LogP contribution in [0.4, 0.5) is 0 Å². The third-order valence-corrected chi connectivity index (χ3v) is 3.69. The van der Waals surface area contributed by atoms with Gasteiger partial charge in [-0.2, -0.15) is 0 Å². The van der Waals surface area contributed by atoms with Gasteiger partial charge in [0.25, 0.3) is 0 Å². The van der Waals surface area contributed by atoms with Crippen LogP contribution in [0, 0.1) is 0 Å². The van der Waals surface area contributed by atoms with Gasteiger partial charge in [0.05, 0.1) is 6.10 Å². The van der Waals surface area contributed by atoms with Crippen LogP contribution in [0.25, 0.3) is 0 Å². The van der Waals surface area contributed by atoms with E-state index < -0.39 is 0 Å². The van der Waals surface area contributed by atoms with Crippen molar-refractivity contribution < 1.29 is 14.3 Å². The molecule has 1 aliphatic carbocycles. The first-order chi connectivity index (χ1) is 9.22. The number of benzene rings is 1. The summed E-state index contributed by atoms with van der Waals surface area (Å²) in [6.45, 7) is 1.88. The van der Waals surface area contributed by atoms with Crippen LogP contribution < -0.4 is 4.74 Å². The standard InChI is InChI=1S/C16H22O3/c1-3-16(17)12-6-4-8-14(10-12)19-15-9-5-7-13(11-15)18-2/h4,6,8,10,13,15H,3,5,7,9,11H2,1-2H3. The van der Waals surface area contributed by atoms with Crippen molar-refractivity contribution >= 4 is 5.78 Å². The van der Waals surface area contributed by atoms with Crippen LogP contribution >= 0.6 is 0 Å². The van der Waals surface area contributed by atoms with E-state index >= 15 is 0 Å². The number of rotatable bonds is 5. The monoisotopic (exact) mass is 262 g/mol. The Bertz CT molecular complexity index is 428. The number of ether oxygens (including phenoxy) is 2. The average Bonchev–Trinajstić information content (AvgIpc) is 2.47. The van der Waals surface area contributed by atoms with Gasteiger partial charge in [-0.25, -0.2) is 0 Å². The molecular weight excluding hydrogens is 240 g/mol. The molecule has 0 aromatic heterocycles. The Morgan fingerprint density at radius 2 is 2.11 bits per heavy atom. The molecule has 0 heterocycles. The minimum absolute atomic E-state index is 0.156. The minimum Gasteiger partial charge on any atom is -0.490 e. The van der Waals surface area contributed by atoms with Crippen molar-refractivity contribution in [3.05, 3.63) is 29.8 Å². The zero-order chi connectivity index (χ0) is 13.7. The lowest BCUT2D eigenvalue weighted by molar-refractivity contribution is 0.0209. The molecule has 0 aliphatic heterocycles. The molecule has 3 heteroatoms. The second-order valence-corrected chi connectivity index (χ2v) is 5.07. The number of Topliss-reactive ketones (excluding diaryl/α,β-unsaturated/α-hetero) is 1. The van der Waals surface area contributed by atoms with E-state index in [2.05, 4.69) is 0 Å². The van der Waals surface area contributed by atoms with Crippen molar-refractivity contribution in [2.24, 2.45) is 0 Å². The molecule has 0 N–H and O–H groups in total. The Morgan fingerprint density at radius 3 is 2.84 bits per heavy atom. The SMILES string of the molecule is CCC(=O)c1cccc(OC2CCCC(OC)C2)c1. The topological polar surface area (TPSA) is 35.5 Å². The van der Waals surface area contributed by atoms with E-state index in [4.69, 9.17) is 9.47 Å². The predicted molar refractivity (Wildman–Crippen MR) is 74.7 cm³/mol. The Balaban J connectivity index is 2.00. The summed E-state index contributed by atoms with van der Waals surface area (Å²) in [6, 6.07) is 7.50. The molecule has 0 amide bonds. The summed E-state index contributed by atoms with van der Waals surface area (Å²) in [7, 11) is 1.76. The highest BCUT2D eigenvalue weighted by molar-refractivity contribution is 5.96. The Hall–Kier alpha value is -1.35. The van der Waals surface area contributed by atoms with Crippen LogP contribution in [-0.4, -0.2) is 25.1 Å². The summed E-state index contributed by atoms with van der Waals surface area (Å²) >= 11 is 0. The lowest BCUT2D eigenvalue weighted by Crippen LogP contribution is -2.29. The summed E-state index contributed by atoms with van der Waals surface area (Å²) in [6.07, 6.45) is 5.28. The summed E-state index contributed by atoms with van der Waals surface area (Å²) in [5.74, 6) is 0.949. The van der Waals surface area contributed by atoms with Crippen molar-refractivity contribution in [3.63, 3.8) is 0 Å². The molecule has 0 spiro atoms. The lowest BCUT2D eigenvalue weighted by atomic mass is 9.95. The highest BCUT2D eigenvalue weighted by Gasteiger charge is 2.23. The molecule has 1 aromatic carbocycles. The maximum absolute atomic E-state index is 11.7. The van der Waals surface area contributed by atoms with E-state index in [9.17, 15) is 4.79 Å². The van der Waals surface area contributed by atoms with Crippen LogP contribution in [0.15, 0.2) is 24.3 Å². The largest absolute Gasteiger partial charge is 0.490 e. The van der Waals surface area contributed by atoms with Crippen LogP contribution in [0.2, 0.25) is 0 Å². The van der Waals surface area contributed by atoms with Crippen molar-refractivity contribution in [2.75, 3.05) is 7.11 Å². The molecule has 0 saturated heterocycles. The molecule has 0 radical (unpaired) electrons. The number of ketones is 1. The minimum atomic E-state index is 0.156. The fourth-order valence-electron chi connectivity index (χ4n) is 2.56. The van der Waals surface area contributed by atoms with Crippen molar-refractivity contribution in [3.8, 4) is 5.75 Å². The molecule has 1 aliphatic rings. The van der Waals surface area contributed by atoms with E-state index in [0.29, 0.717) is 12.5 Å². The molecule has 2 unspecified atom stereocenters. The van der Waals surface area contributed by atoms with Gasteiger partial charge >= 0.3 is 0 Å². The molecule has 1 aromatic rings. The quantitative estimate of drug-likeness (QED) is 0.760. The fourth-order valence-corrected chi connectivity index (χ4v) is 2.56. The third-order valence-electron chi connectivity index (χ3n) is 3.69. The van der Waals surface area contributed by atoms with Crippen molar-refractivity contribution in [1.82, 2.24) is 0 Å². The Morgan fingerprint density at radius 1 is 1.32 bits per heavy atom. The van der Waals surface area contributed by atoms with E-state index in [1.54, 1.807) is 7.11 Å². The Labute approximate surface area is 114 Å². The van der Waals surface area contributed by atoms with Crippen LogP contribution in [0.5, 0.6) is 5.75 Å². The van der Waals surface area contributed by atoms with Gasteiger partial charge in [0.15, 0.2) is 5.78 Å². The van der Waals surface area contributed by atoms with Gasteiger partial charge in [0, 0.05) is 25.5 Å². The molecule has 2 atom stereocenters. The van der Waals surface area contributed by atoms with Crippen molar-refractivity contribution in [1.29, 1.82) is 0 Å². The summed E-state index contributed by atoms with van der Waals surface area (Å²) < 4.78 is 11.4. The highest BCUT2D eigenvalue weighted by Crippen LogP contribution is 2.25. The summed E-state index contributed by atoms with van der Waals surface area (Å²) in [5, 5.41) is 0. The smallest absolute Gasteiger partial charge is 0.162 e. The van der Waals surface area contributed by atoms with E-state index in [1.165, 1.54) is 0 Å². The van der Waals surface area contributed by atoms with Crippen LogP contribution in [-0.2, 0) is 4.74 Å². The van der Waals surface area contributed by atoms with Crippen molar-refractivity contribution in [2.45, 2.75) is 51.2 Å². The first kappa shape index (κ1) is 14.1. The van der Waals surface area contributed by atoms with Crippen LogP contribution in [0.1, 0.15) is 49.4 Å². The predicted octanol–water partition coefficient (Wildman–Crippen LogP) is 3.62. The molecule has 1 saturated carbocycles. The number of methoxy groups -OCH3 is 1. The summed E-state index contributed by atoms with van der Waals surface area (Å²) in [5.41, 5.74) is 0.735. The normalized spacial score (nSPS) is 23.1. The molecule has 3 nitrogen and oxygen atoms in total. The van der Waals surface area contributed by atoms with E-state index in [-0.39, 0.29) is 11.9 Å².